The predicted molar refractivity (Wildman–Crippen MR) is 59.9 cm³/mol. The summed E-state index contributed by atoms with van der Waals surface area (Å²) in [4.78, 5) is 0. The van der Waals surface area contributed by atoms with Gasteiger partial charge in [0.15, 0.2) is 0 Å². The van der Waals surface area contributed by atoms with Crippen molar-refractivity contribution < 1.29 is 16.8 Å². The number of rotatable bonds is 9. The van der Waals surface area contributed by atoms with E-state index >= 15 is 0 Å². The van der Waals surface area contributed by atoms with Gasteiger partial charge in [-0.05, 0) is 19.8 Å². The van der Waals surface area contributed by atoms with E-state index in [4.69, 9.17) is 4.18 Å². The first-order chi connectivity index (χ1) is 7.05. The van der Waals surface area contributed by atoms with Crippen LogP contribution >= 0.6 is 0 Å². The topological polar surface area (TPSA) is 52.6 Å². The highest BCUT2D eigenvalue weighted by Gasteiger charge is 2.17. The first-order valence-corrected chi connectivity index (χ1v) is 6.96. The summed E-state index contributed by atoms with van der Waals surface area (Å²) in [6.07, 6.45) is 4.44. The first kappa shape index (κ1) is 14.9. The summed E-state index contributed by atoms with van der Waals surface area (Å²) in [5.41, 5.74) is 0. The molecule has 0 aromatic carbocycles. The van der Waals surface area contributed by atoms with Crippen LogP contribution in [0.15, 0.2) is 0 Å². The third-order valence-corrected chi connectivity index (χ3v) is 3.13. The summed E-state index contributed by atoms with van der Waals surface area (Å²) < 4.78 is 31.8. The maximum absolute atomic E-state index is 11.2. The Kier molecular flexibility index (Phi) is 8.00. The van der Waals surface area contributed by atoms with Crippen LogP contribution < -0.4 is 0 Å². The molecule has 0 radical (unpaired) electrons. The molecule has 0 saturated heterocycles. The van der Waals surface area contributed by atoms with E-state index in [2.05, 4.69) is 11.1 Å². The van der Waals surface area contributed by atoms with Crippen molar-refractivity contribution in [3.63, 3.8) is 0 Å². The molecule has 0 aliphatic rings. The van der Waals surface area contributed by atoms with E-state index in [0.29, 0.717) is 6.42 Å². The minimum atomic E-state index is -3.78. The van der Waals surface area contributed by atoms with Gasteiger partial charge in [0, 0.05) is 0 Å². The molecule has 92 valence electrons. The first-order valence-electron chi connectivity index (χ1n) is 5.63. The molecule has 15 heavy (non-hydrogen) atoms. The van der Waals surface area contributed by atoms with Gasteiger partial charge >= 0.3 is 10.4 Å². The van der Waals surface area contributed by atoms with Gasteiger partial charge < -0.3 is 0 Å². The third-order valence-electron chi connectivity index (χ3n) is 2.10. The number of hydrogen-bond donors (Lipinski definition) is 0. The zero-order valence-corrected chi connectivity index (χ0v) is 10.7. The fourth-order valence-corrected chi connectivity index (χ4v) is 2.19. The SMILES string of the molecule is CCCCCC(CC)OS(=O)(=O)OCC. The van der Waals surface area contributed by atoms with E-state index in [1.165, 1.54) is 0 Å². The van der Waals surface area contributed by atoms with E-state index in [1.807, 2.05) is 6.92 Å². The quantitative estimate of drug-likeness (QED) is 0.579. The second-order valence-electron chi connectivity index (χ2n) is 3.44. The highest BCUT2D eigenvalue weighted by molar-refractivity contribution is 7.81. The van der Waals surface area contributed by atoms with Crippen LogP contribution in [0, 0.1) is 0 Å². The lowest BCUT2D eigenvalue weighted by molar-refractivity contribution is 0.147. The maximum atomic E-state index is 11.2. The van der Waals surface area contributed by atoms with Crippen molar-refractivity contribution in [3.05, 3.63) is 0 Å². The molecule has 0 saturated carbocycles. The normalized spacial score (nSPS) is 14.1. The molecule has 0 aliphatic heterocycles. The van der Waals surface area contributed by atoms with E-state index in [-0.39, 0.29) is 12.7 Å². The Hall–Kier alpha value is -0.130. The molecule has 0 heterocycles. The van der Waals surface area contributed by atoms with Crippen LogP contribution in [0.2, 0.25) is 0 Å². The van der Waals surface area contributed by atoms with Gasteiger partial charge in [0.05, 0.1) is 12.7 Å². The Morgan fingerprint density at radius 1 is 1.13 bits per heavy atom. The van der Waals surface area contributed by atoms with Gasteiger partial charge in [0.25, 0.3) is 0 Å². The fourth-order valence-electron chi connectivity index (χ4n) is 1.28. The van der Waals surface area contributed by atoms with Crippen molar-refractivity contribution in [2.75, 3.05) is 6.61 Å². The molecule has 0 rings (SSSR count). The Bertz CT molecular complexity index is 236. The molecule has 0 amide bonds. The van der Waals surface area contributed by atoms with Crippen molar-refractivity contribution in [2.24, 2.45) is 0 Å². The van der Waals surface area contributed by atoms with Gasteiger partial charge in [-0.2, -0.15) is 8.42 Å². The van der Waals surface area contributed by atoms with Crippen LogP contribution in [-0.4, -0.2) is 21.1 Å². The summed E-state index contributed by atoms with van der Waals surface area (Å²) in [6, 6.07) is 0. The standard InChI is InChI=1S/C10H22O4S/c1-4-7-8-9-10(5-2)14-15(11,12)13-6-3/h10H,4-9H2,1-3H3. The lowest BCUT2D eigenvalue weighted by atomic mass is 10.1. The minimum absolute atomic E-state index is 0.119. The van der Waals surface area contributed by atoms with Crippen LogP contribution in [0.3, 0.4) is 0 Å². The lowest BCUT2D eigenvalue weighted by Gasteiger charge is -2.14. The van der Waals surface area contributed by atoms with Gasteiger partial charge in [-0.3, -0.25) is 0 Å². The van der Waals surface area contributed by atoms with E-state index in [1.54, 1.807) is 6.92 Å². The van der Waals surface area contributed by atoms with Gasteiger partial charge in [-0.25, -0.2) is 8.37 Å². The molecule has 0 fully saturated rings. The molecule has 0 bridgehead atoms. The largest absolute Gasteiger partial charge is 0.400 e. The maximum Gasteiger partial charge on any atom is 0.400 e. The molecule has 0 aliphatic carbocycles. The van der Waals surface area contributed by atoms with Crippen LogP contribution in [0.4, 0.5) is 0 Å². The lowest BCUT2D eigenvalue weighted by Crippen LogP contribution is -2.19. The van der Waals surface area contributed by atoms with Crippen LogP contribution in [-0.2, 0) is 18.8 Å². The molecule has 1 atom stereocenters. The summed E-state index contributed by atoms with van der Waals surface area (Å²) in [5.74, 6) is 0. The molecule has 1 unspecified atom stereocenters. The summed E-state index contributed by atoms with van der Waals surface area (Å²) in [7, 11) is -3.78. The Labute approximate surface area is 93.3 Å². The summed E-state index contributed by atoms with van der Waals surface area (Å²) in [5, 5.41) is 0. The fraction of sp³-hybridized carbons (Fsp3) is 1.00. The molecular formula is C10H22O4S. The third kappa shape index (κ3) is 7.76. The molecule has 0 aromatic rings. The second-order valence-corrected chi connectivity index (χ2v) is 4.68. The van der Waals surface area contributed by atoms with Crippen molar-refractivity contribution in [2.45, 2.75) is 59.0 Å². The number of unbranched alkanes of at least 4 members (excludes halogenated alkanes) is 2. The van der Waals surface area contributed by atoms with Gasteiger partial charge in [-0.1, -0.05) is 33.1 Å². The van der Waals surface area contributed by atoms with Crippen molar-refractivity contribution in [3.8, 4) is 0 Å². The average Bonchev–Trinajstić information content (AvgIpc) is 2.16. The summed E-state index contributed by atoms with van der Waals surface area (Å²) >= 11 is 0. The minimum Gasteiger partial charge on any atom is -0.248 e. The van der Waals surface area contributed by atoms with E-state index in [9.17, 15) is 8.42 Å². The Morgan fingerprint density at radius 3 is 2.27 bits per heavy atom. The zero-order chi connectivity index (χ0) is 11.7. The highest BCUT2D eigenvalue weighted by Crippen LogP contribution is 2.13. The molecular weight excluding hydrogens is 216 g/mol. The van der Waals surface area contributed by atoms with E-state index < -0.39 is 10.4 Å². The van der Waals surface area contributed by atoms with Crippen LogP contribution in [0.25, 0.3) is 0 Å². The molecule has 0 spiro atoms. The number of hydrogen-bond acceptors (Lipinski definition) is 4. The van der Waals surface area contributed by atoms with Crippen LogP contribution in [0.1, 0.15) is 52.9 Å². The molecule has 0 aromatic heterocycles. The monoisotopic (exact) mass is 238 g/mol. The molecule has 5 heteroatoms. The van der Waals surface area contributed by atoms with E-state index in [0.717, 1.165) is 25.7 Å². The highest BCUT2D eigenvalue weighted by atomic mass is 32.3. The predicted octanol–water partition coefficient (Wildman–Crippen LogP) is 2.64. The van der Waals surface area contributed by atoms with Crippen molar-refractivity contribution in [1.82, 2.24) is 0 Å². The van der Waals surface area contributed by atoms with Crippen molar-refractivity contribution in [1.29, 1.82) is 0 Å². The Morgan fingerprint density at radius 2 is 1.80 bits per heavy atom. The Balaban J connectivity index is 3.97. The van der Waals surface area contributed by atoms with Crippen LogP contribution in [0.5, 0.6) is 0 Å². The zero-order valence-electron chi connectivity index (χ0n) is 9.86. The second kappa shape index (κ2) is 8.07. The van der Waals surface area contributed by atoms with Gasteiger partial charge in [0.1, 0.15) is 0 Å². The van der Waals surface area contributed by atoms with Crippen molar-refractivity contribution >= 4 is 10.4 Å². The molecule has 4 nitrogen and oxygen atoms in total. The van der Waals surface area contributed by atoms with Gasteiger partial charge in [0.2, 0.25) is 0 Å². The van der Waals surface area contributed by atoms with Gasteiger partial charge in [-0.15, -0.1) is 0 Å². The summed E-state index contributed by atoms with van der Waals surface area (Å²) in [6.45, 7) is 5.77. The molecule has 0 N–H and O–H groups in total. The smallest absolute Gasteiger partial charge is 0.248 e. The average molecular weight is 238 g/mol.